The van der Waals surface area contributed by atoms with E-state index >= 15 is 0 Å². The summed E-state index contributed by atoms with van der Waals surface area (Å²) < 4.78 is 15.7. The fourth-order valence-electron chi connectivity index (χ4n) is 2.06. The third-order valence-corrected chi connectivity index (χ3v) is 3.76. The largest absolute Gasteiger partial charge is 0.465 e. The van der Waals surface area contributed by atoms with Gasteiger partial charge in [-0.3, -0.25) is 4.79 Å². The summed E-state index contributed by atoms with van der Waals surface area (Å²) in [6.07, 6.45) is 2.35. The van der Waals surface area contributed by atoms with Crippen LogP contribution in [0.2, 0.25) is 0 Å². The number of carbonyl (C=O) groups is 1. The van der Waals surface area contributed by atoms with Crippen LogP contribution in [0.4, 0.5) is 0 Å². The van der Waals surface area contributed by atoms with Crippen LogP contribution >= 0.6 is 0 Å². The lowest BCUT2D eigenvalue weighted by molar-refractivity contribution is -0.155. The number of carbonyl (C=O) groups excluding carboxylic acids is 1. The molecule has 0 bridgehead atoms. The molecule has 0 aliphatic heterocycles. The Hall–Kier alpha value is -1.43. The van der Waals surface area contributed by atoms with Crippen LogP contribution in [0.1, 0.15) is 51.7 Å². The number of hydrogen-bond donors (Lipinski definition) is 0. The first kappa shape index (κ1) is 14.0. The molecule has 19 heavy (non-hydrogen) atoms. The van der Waals surface area contributed by atoms with Gasteiger partial charge < -0.3 is 14.0 Å². The Bertz CT molecular complexity index is 463. The predicted molar refractivity (Wildman–Crippen MR) is 66.5 cm³/mol. The Kier molecular flexibility index (Phi) is 3.62. The van der Waals surface area contributed by atoms with Crippen molar-refractivity contribution in [2.75, 3.05) is 13.7 Å². The normalized spacial score (nSPS) is 17.9. The molecule has 6 nitrogen and oxygen atoms in total. The van der Waals surface area contributed by atoms with Crippen molar-refractivity contribution in [3.8, 4) is 0 Å². The highest BCUT2D eigenvalue weighted by molar-refractivity contribution is 5.83. The standard InChI is InChI=1S/C13H20N2O4/c1-5-18-11(16)13(7-6-8-13)10-14-9(15-19-10)12(2,3)17-4/h5-8H2,1-4H3. The van der Waals surface area contributed by atoms with E-state index in [4.69, 9.17) is 14.0 Å². The van der Waals surface area contributed by atoms with Crippen molar-refractivity contribution in [1.82, 2.24) is 10.1 Å². The van der Waals surface area contributed by atoms with Crippen molar-refractivity contribution in [2.45, 2.75) is 51.0 Å². The summed E-state index contributed by atoms with van der Waals surface area (Å²) in [5, 5.41) is 3.93. The zero-order valence-electron chi connectivity index (χ0n) is 11.9. The van der Waals surface area contributed by atoms with Crippen LogP contribution in [0.5, 0.6) is 0 Å². The molecule has 0 atom stereocenters. The zero-order chi connectivity index (χ0) is 14.1. The lowest BCUT2D eigenvalue weighted by atomic mass is 9.68. The summed E-state index contributed by atoms with van der Waals surface area (Å²) in [5.74, 6) is 0.518. The Morgan fingerprint density at radius 3 is 2.63 bits per heavy atom. The van der Waals surface area contributed by atoms with E-state index in [1.807, 2.05) is 13.8 Å². The van der Waals surface area contributed by atoms with Crippen molar-refractivity contribution < 1.29 is 18.8 Å². The summed E-state index contributed by atoms with van der Waals surface area (Å²) >= 11 is 0. The third kappa shape index (κ3) is 2.25. The van der Waals surface area contributed by atoms with Crippen LogP contribution in [-0.2, 0) is 25.3 Å². The van der Waals surface area contributed by atoms with E-state index in [0.717, 1.165) is 6.42 Å². The van der Waals surface area contributed by atoms with Gasteiger partial charge in [0.25, 0.3) is 0 Å². The summed E-state index contributed by atoms with van der Waals surface area (Å²) in [6, 6.07) is 0. The first-order valence-corrected chi connectivity index (χ1v) is 6.53. The highest BCUT2D eigenvalue weighted by Gasteiger charge is 2.52. The van der Waals surface area contributed by atoms with Gasteiger partial charge in [-0.15, -0.1) is 0 Å². The molecule has 1 heterocycles. The molecule has 1 aromatic heterocycles. The van der Waals surface area contributed by atoms with Gasteiger partial charge >= 0.3 is 5.97 Å². The Morgan fingerprint density at radius 2 is 2.16 bits per heavy atom. The van der Waals surface area contributed by atoms with E-state index in [-0.39, 0.29) is 5.97 Å². The first-order valence-electron chi connectivity index (χ1n) is 6.53. The number of esters is 1. The van der Waals surface area contributed by atoms with E-state index in [9.17, 15) is 4.79 Å². The van der Waals surface area contributed by atoms with Gasteiger partial charge in [-0.1, -0.05) is 11.6 Å². The SMILES string of the molecule is CCOC(=O)C1(c2nc(C(C)(C)OC)no2)CCC1. The number of aromatic nitrogens is 2. The second-order valence-corrected chi connectivity index (χ2v) is 5.29. The number of methoxy groups -OCH3 is 1. The highest BCUT2D eigenvalue weighted by Crippen LogP contribution is 2.44. The van der Waals surface area contributed by atoms with E-state index in [0.29, 0.717) is 31.2 Å². The lowest BCUT2D eigenvalue weighted by Crippen LogP contribution is -2.44. The highest BCUT2D eigenvalue weighted by atomic mass is 16.5. The minimum atomic E-state index is -0.745. The number of ether oxygens (including phenoxy) is 2. The minimum absolute atomic E-state index is 0.272. The van der Waals surface area contributed by atoms with Crippen LogP contribution in [0.3, 0.4) is 0 Å². The molecule has 2 rings (SSSR count). The predicted octanol–water partition coefficient (Wildman–Crippen LogP) is 1.94. The van der Waals surface area contributed by atoms with Gasteiger partial charge in [-0.05, 0) is 33.6 Å². The summed E-state index contributed by atoms with van der Waals surface area (Å²) in [5.41, 5.74) is -1.38. The molecule has 0 spiro atoms. The molecule has 0 saturated heterocycles. The van der Waals surface area contributed by atoms with Crippen molar-refractivity contribution in [2.24, 2.45) is 0 Å². The van der Waals surface area contributed by atoms with E-state index in [1.54, 1.807) is 14.0 Å². The molecule has 1 saturated carbocycles. The van der Waals surface area contributed by atoms with Crippen LogP contribution in [-0.4, -0.2) is 29.8 Å². The fourth-order valence-corrected chi connectivity index (χ4v) is 2.06. The zero-order valence-corrected chi connectivity index (χ0v) is 11.9. The Balaban J connectivity index is 2.28. The molecule has 1 aliphatic carbocycles. The summed E-state index contributed by atoms with van der Waals surface area (Å²) in [7, 11) is 1.58. The molecule has 0 unspecified atom stereocenters. The molecule has 1 aromatic rings. The maximum Gasteiger partial charge on any atom is 0.321 e. The molecule has 1 aliphatic rings. The quantitative estimate of drug-likeness (QED) is 0.760. The smallest absolute Gasteiger partial charge is 0.321 e. The average Bonchev–Trinajstić information content (AvgIpc) is 2.78. The minimum Gasteiger partial charge on any atom is -0.465 e. The third-order valence-electron chi connectivity index (χ3n) is 3.76. The van der Waals surface area contributed by atoms with Gasteiger partial charge in [-0.2, -0.15) is 4.98 Å². The maximum atomic E-state index is 12.1. The molecular formula is C13H20N2O4. The Morgan fingerprint density at radius 1 is 1.47 bits per heavy atom. The number of nitrogens with zero attached hydrogens (tertiary/aromatic N) is 2. The maximum absolute atomic E-state index is 12.1. The van der Waals surface area contributed by atoms with Gasteiger partial charge in [0.05, 0.1) is 6.61 Å². The van der Waals surface area contributed by atoms with Gasteiger partial charge in [0.1, 0.15) is 11.0 Å². The molecule has 0 aromatic carbocycles. The van der Waals surface area contributed by atoms with Gasteiger partial charge in [0.15, 0.2) is 0 Å². The van der Waals surface area contributed by atoms with E-state index in [1.165, 1.54) is 0 Å². The number of hydrogen-bond acceptors (Lipinski definition) is 6. The topological polar surface area (TPSA) is 74.5 Å². The van der Waals surface area contributed by atoms with Gasteiger partial charge in [0, 0.05) is 7.11 Å². The van der Waals surface area contributed by atoms with Crippen LogP contribution in [0.15, 0.2) is 4.52 Å². The van der Waals surface area contributed by atoms with Crippen LogP contribution in [0.25, 0.3) is 0 Å². The monoisotopic (exact) mass is 268 g/mol. The van der Waals surface area contributed by atoms with Crippen molar-refractivity contribution in [1.29, 1.82) is 0 Å². The average molecular weight is 268 g/mol. The molecular weight excluding hydrogens is 248 g/mol. The molecule has 0 radical (unpaired) electrons. The van der Waals surface area contributed by atoms with Crippen molar-refractivity contribution in [3.63, 3.8) is 0 Å². The second-order valence-electron chi connectivity index (χ2n) is 5.29. The molecule has 6 heteroatoms. The Labute approximate surface area is 112 Å². The van der Waals surface area contributed by atoms with Gasteiger partial charge in [-0.25, -0.2) is 0 Å². The number of rotatable bonds is 5. The molecule has 0 N–H and O–H groups in total. The lowest BCUT2D eigenvalue weighted by Gasteiger charge is -2.35. The van der Waals surface area contributed by atoms with E-state index < -0.39 is 11.0 Å². The molecule has 0 amide bonds. The molecule has 106 valence electrons. The van der Waals surface area contributed by atoms with E-state index in [2.05, 4.69) is 10.1 Å². The van der Waals surface area contributed by atoms with Crippen molar-refractivity contribution in [3.05, 3.63) is 11.7 Å². The molecule has 1 fully saturated rings. The summed E-state index contributed by atoms with van der Waals surface area (Å²) in [6.45, 7) is 5.83. The summed E-state index contributed by atoms with van der Waals surface area (Å²) in [4.78, 5) is 16.4. The first-order chi connectivity index (χ1) is 8.96. The van der Waals surface area contributed by atoms with Crippen LogP contribution < -0.4 is 0 Å². The van der Waals surface area contributed by atoms with Crippen LogP contribution in [0, 0.1) is 0 Å². The van der Waals surface area contributed by atoms with Gasteiger partial charge in [0.2, 0.25) is 11.7 Å². The second kappa shape index (κ2) is 4.92. The fraction of sp³-hybridized carbons (Fsp3) is 0.769. The van der Waals surface area contributed by atoms with Crippen molar-refractivity contribution >= 4 is 5.97 Å².